The lowest BCUT2D eigenvalue weighted by atomic mass is 10.1. The highest BCUT2D eigenvalue weighted by Crippen LogP contribution is 2.33. The zero-order valence-electron chi connectivity index (χ0n) is 15.5. The Morgan fingerprint density at radius 2 is 1.96 bits per heavy atom. The zero-order chi connectivity index (χ0) is 18.4. The molecule has 0 amide bonds. The molecule has 0 fully saturated rings. The first kappa shape index (κ1) is 16.6. The van der Waals surface area contributed by atoms with Gasteiger partial charge in [-0.3, -0.25) is 9.20 Å². The van der Waals surface area contributed by atoms with Crippen LogP contribution in [0.25, 0.3) is 27.7 Å². The van der Waals surface area contributed by atoms with Crippen LogP contribution in [0.3, 0.4) is 0 Å². The van der Waals surface area contributed by atoms with Gasteiger partial charge in [-0.1, -0.05) is 26.0 Å². The second kappa shape index (κ2) is 6.12. The normalized spacial score (nSPS) is 11.9. The van der Waals surface area contributed by atoms with Crippen molar-refractivity contribution < 1.29 is 9.53 Å². The molecule has 1 aromatic carbocycles. The summed E-state index contributed by atoms with van der Waals surface area (Å²) < 4.78 is 9.60. The number of fused-ring (bicyclic) bond motifs is 5. The third-order valence-corrected chi connectivity index (χ3v) is 4.59. The fourth-order valence-corrected chi connectivity index (χ4v) is 3.38. The summed E-state index contributed by atoms with van der Waals surface area (Å²) in [7, 11) is 0. The van der Waals surface area contributed by atoms with Crippen molar-refractivity contribution in [2.45, 2.75) is 40.7 Å². The molecule has 134 valence electrons. The fraction of sp³-hybridized carbons (Fsp3) is 0.350. The summed E-state index contributed by atoms with van der Waals surface area (Å²) in [6.07, 6.45) is 2.89. The third kappa shape index (κ3) is 2.62. The minimum Gasteiger partial charge on any atom is -0.424 e. The molecule has 0 saturated heterocycles. The van der Waals surface area contributed by atoms with E-state index in [1.54, 1.807) is 0 Å². The Kier molecular flexibility index (Phi) is 3.90. The molecule has 0 aliphatic rings. The maximum Gasteiger partial charge on any atom is 0.308 e. The maximum atomic E-state index is 11.6. The van der Waals surface area contributed by atoms with E-state index in [0.29, 0.717) is 11.7 Å². The number of benzene rings is 1. The van der Waals surface area contributed by atoms with Gasteiger partial charge in [0.25, 0.3) is 0 Å². The van der Waals surface area contributed by atoms with Crippen molar-refractivity contribution in [3.8, 4) is 5.75 Å². The van der Waals surface area contributed by atoms with Gasteiger partial charge in [0.1, 0.15) is 16.9 Å². The second-order valence-corrected chi connectivity index (χ2v) is 7.08. The van der Waals surface area contributed by atoms with Gasteiger partial charge in [0.15, 0.2) is 11.4 Å². The van der Waals surface area contributed by atoms with E-state index in [4.69, 9.17) is 14.7 Å². The predicted octanol–water partition coefficient (Wildman–Crippen LogP) is 4.12. The van der Waals surface area contributed by atoms with Gasteiger partial charge in [-0.05, 0) is 31.4 Å². The SMILES string of the molecule is CC(=O)Oc1cn(CCC(C)C)c2nc(C)n3c4ccccc4nc3c12. The summed E-state index contributed by atoms with van der Waals surface area (Å²) in [5.74, 6) is 1.61. The van der Waals surface area contributed by atoms with Gasteiger partial charge >= 0.3 is 5.97 Å². The lowest BCUT2D eigenvalue weighted by Gasteiger charge is -2.08. The molecule has 4 aromatic rings. The predicted molar refractivity (Wildman–Crippen MR) is 101 cm³/mol. The molecule has 6 heteroatoms. The molecule has 3 heterocycles. The number of para-hydroxylation sites is 2. The molecule has 0 unspecified atom stereocenters. The lowest BCUT2D eigenvalue weighted by Crippen LogP contribution is -2.03. The molecular weight excluding hydrogens is 328 g/mol. The number of aromatic nitrogens is 4. The molecule has 0 saturated carbocycles. The van der Waals surface area contributed by atoms with Crippen LogP contribution in [0.15, 0.2) is 30.5 Å². The quantitative estimate of drug-likeness (QED) is 0.520. The van der Waals surface area contributed by atoms with E-state index >= 15 is 0 Å². The Morgan fingerprint density at radius 3 is 2.69 bits per heavy atom. The van der Waals surface area contributed by atoms with Crippen LogP contribution >= 0.6 is 0 Å². The minimum atomic E-state index is -0.345. The van der Waals surface area contributed by atoms with E-state index in [1.165, 1.54) is 6.92 Å². The summed E-state index contributed by atoms with van der Waals surface area (Å²) in [6, 6.07) is 7.96. The topological polar surface area (TPSA) is 61.4 Å². The smallest absolute Gasteiger partial charge is 0.308 e. The number of hydrogen-bond donors (Lipinski definition) is 0. The maximum absolute atomic E-state index is 11.6. The number of ether oxygens (including phenoxy) is 1. The number of hydrogen-bond acceptors (Lipinski definition) is 4. The molecule has 0 aliphatic carbocycles. The van der Waals surface area contributed by atoms with E-state index in [1.807, 2.05) is 41.8 Å². The van der Waals surface area contributed by atoms with E-state index in [9.17, 15) is 4.79 Å². The average molecular weight is 350 g/mol. The molecule has 0 radical (unpaired) electrons. The number of carbonyl (C=O) groups excluding carboxylic acids is 1. The first-order valence-electron chi connectivity index (χ1n) is 8.90. The molecule has 0 N–H and O–H groups in total. The number of carbonyl (C=O) groups is 1. The Labute approximate surface area is 151 Å². The van der Waals surface area contributed by atoms with Gasteiger partial charge in [0.2, 0.25) is 0 Å². The third-order valence-electron chi connectivity index (χ3n) is 4.59. The van der Waals surface area contributed by atoms with E-state index in [2.05, 4.69) is 18.4 Å². The Morgan fingerprint density at radius 1 is 1.19 bits per heavy atom. The zero-order valence-corrected chi connectivity index (χ0v) is 15.5. The van der Waals surface area contributed by atoms with Crippen LogP contribution in [0, 0.1) is 12.8 Å². The summed E-state index contributed by atoms with van der Waals surface area (Å²) in [4.78, 5) is 21.3. The molecular formula is C20H22N4O2. The van der Waals surface area contributed by atoms with Crippen molar-refractivity contribution in [2.24, 2.45) is 5.92 Å². The van der Waals surface area contributed by atoms with Crippen LogP contribution in [0.5, 0.6) is 5.75 Å². The highest BCUT2D eigenvalue weighted by Gasteiger charge is 2.20. The first-order valence-corrected chi connectivity index (χ1v) is 8.90. The lowest BCUT2D eigenvalue weighted by molar-refractivity contribution is -0.131. The summed E-state index contributed by atoms with van der Waals surface area (Å²) >= 11 is 0. The Balaban J connectivity index is 2.06. The molecule has 0 bridgehead atoms. The number of nitrogens with zero attached hydrogens (tertiary/aromatic N) is 4. The van der Waals surface area contributed by atoms with E-state index < -0.39 is 0 Å². The van der Waals surface area contributed by atoms with Gasteiger partial charge in [-0.2, -0.15) is 0 Å². The number of imidazole rings is 1. The number of rotatable bonds is 4. The van der Waals surface area contributed by atoms with Crippen LogP contribution in [0.1, 0.15) is 33.0 Å². The van der Waals surface area contributed by atoms with E-state index in [0.717, 1.165) is 46.5 Å². The molecule has 26 heavy (non-hydrogen) atoms. The van der Waals surface area contributed by atoms with Crippen molar-refractivity contribution >= 4 is 33.7 Å². The molecule has 3 aromatic heterocycles. The molecule has 0 atom stereocenters. The van der Waals surface area contributed by atoms with Gasteiger partial charge in [0, 0.05) is 19.7 Å². The van der Waals surface area contributed by atoms with Crippen LogP contribution in [0.4, 0.5) is 0 Å². The largest absolute Gasteiger partial charge is 0.424 e. The van der Waals surface area contributed by atoms with Crippen molar-refractivity contribution in [1.29, 1.82) is 0 Å². The van der Waals surface area contributed by atoms with Gasteiger partial charge in [0.05, 0.1) is 11.0 Å². The number of esters is 1. The van der Waals surface area contributed by atoms with E-state index in [-0.39, 0.29) is 5.97 Å². The minimum absolute atomic E-state index is 0.345. The summed E-state index contributed by atoms with van der Waals surface area (Å²) in [6.45, 7) is 8.59. The summed E-state index contributed by atoms with van der Waals surface area (Å²) in [5.41, 5.74) is 3.47. The summed E-state index contributed by atoms with van der Waals surface area (Å²) in [5, 5.41) is 0.783. The van der Waals surface area contributed by atoms with Gasteiger partial charge < -0.3 is 9.30 Å². The van der Waals surface area contributed by atoms with Crippen molar-refractivity contribution in [1.82, 2.24) is 18.9 Å². The second-order valence-electron chi connectivity index (χ2n) is 7.08. The van der Waals surface area contributed by atoms with Crippen molar-refractivity contribution in [2.75, 3.05) is 0 Å². The fourth-order valence-electron chi connectivity index (χ4n) is 3.38. The molecule has 6 nitrogen and oxygen atoms in total. The Hall–Kier alpha value is -2.89. The monoisotopic (exact) mass is 350 g/mol. The standard InChI is InChI=1S/C20H22N4O2/c1-12(2)9-10-23-11-17(26-14(4)25)18-19(23)21-13(3)24-16-8-6-5-7-15(16)22-20(18)24/h5-8,11-12H,9-10H2,1-4H3. The average Bonchev–Trinajstić information content (AvgIpc) is 3.11. The number of aryl methyl sites for hydroxylation is 2. The first-order chi connectivity index (χ1) is 12.5. The van der Waals surface area contributed by atoms with Crippen LogP contribution in [0.2, 0.25) is 0 Å². The van der Waals surface area contributed by atoms with Crippen molar-refractivity contribution in [3.05, 3.63) is 36.3 Å². The van der Waals surface area contributed by atoms with Crippen molar-refractivity contribution in [3.63, 3.8) is 0 Å². The molecule has 4 rings (SSSR count). The van der Waals surface area contributed by atoms with Crippen LogP contribution < -0.4 is 4.74 Å². The highest BCUT2D eigenvalue weighted by atomic mass is 16.5. The molecule has 0 aliphatic heterocycles. The van der Waals surface area contributed by atoms with Crippen LogP contribution in [-0.2, 0) is 11.3 Å². The van der Waals surface area contributed by atoms with Gasteiger partial charge in [-0.15, -0.1) is 0 Å². The molecule has 0 spiro atoms. The Bertz CT molecular complexity index is 1140. The highest BCUT2D eigenvalue weighted by molar-refractivity contribution is 6.00. The van der Waals surface area contributed by atoms with Gasteiger partial charge in [-0.25, -0.2) is 9.97 Å². The van der Waals surface area contributed by atoms with Crippen LogP contribution in [-0.4, -0.2) is 24.9 Å².